The molecule has 0 radical (unpaired) electrons. The zero-order chi connectivity index (χ0) is 11.3. The molecule has 15 heavy (non-hydrogen) atoms. The summed E-state index contributed by atoms with van der Waals surface area (Å²) in [7, 11) is 2.17. The molecule has 0 aromatic rings. The van der Waals surface area contributed by atoms with Crippen molar-refractivity contribution in [3.63, 3.8) is 0 Å². The largest absolute Gasteiger partial charge is 0.370 e. The van der Waals surface area contributed by atoms with Gasteiger partial charge in [0.15, 0.2) is 0 Å². The number of carbonyl (C=O) groups is 1. The van der Waals surface area contributed by atoms with Gasteiger partial charge in [-0.3, -0.25) is 4.79 Å². The first-order chi connectivity index (χ1) is 7.09. The van der Waals surface area contributed by atoms with Crippen LogP contribution in [0, 0.1) is 5.92 Å². The standard InChI is InChI=1S/C11H23N3O/c1-9(13-6-3-11(12)15)10-4-7-14(2)8-5-10/h9-10,13H,3-8H2,1-2H3,(H2,12,15). The highest BCUT2D eigenvalue weighted by Gasteiger charge is 2.21. The molecule has 1 fully saturated rings. The van der Waals surface area contributed by atoms with Crippen LogP contribution in [0.4, 0.5) is 0 Å². The summed E-state index contributed by atoms with van der Waals surface area (Å²) >= 11 is 0. The fraction of sp³-hybridized carbons (Fsp3) is 0.909. The van der Waals surface area contributed by atoms with Crippen LogP contribution in [0.2, 0.25) is 0 Å². The van der Waals surface area contributed by atoms with E-state index in [1.165, 1.54) is 25.9 Å². The Bertz CT molecular complexity index is 200. The van der Waals surface area contributed by atoms with Crippen LogP contribution in [-0.2, 0) is 4.79 Å². The SMILES string of the molecule is CC(NCCC(N)=O)C1CCN(C)CC1. The maximum absolute atomic E-state index is 10.6. The molecule has 1 aliphatic heterocycles. The molecule has 1 amide bonds. The number of nitrogens with zero attached hydrogens (tertiary/aromatic N) is 1. The van der Waals surface area contributed by atoms with Gasteiger partial charge in [-0.1, -0.05) is 0 Å². The minimum absolute atomic E-state index is 0.224. The van der Waals surface area contributed by atoms with E-state index in [9.17, 15) is 4.79 Å². The lowest BCUT2D eigenvalue weighted by Gasteiger charge is -2.33. The number of hydrogen-bond donors (Lipinski definition) is 2. The lowest BCUT2D eigenvalue weighted by Crippen LogP contribution is -2.41. The average Bonchev–Trinajstić information content (AvgIpc) is 2.18. The Morgan fingerprint density at radius 1 is 1.53 bits per heavy atom. The van der Waals surface area contributed by atoms with E-state index in [-0.39, 0.29) is 5.91 Å². The van der Waals surface area contributed by atoms with Crippen molar-refractivity contribution >= 4 is 5.91 Å². The van der Waals surface area contributed by atoms with Crippen LogP contribution >= 0.6 is 0 Å². The maximum atomic E-state index is 10.6. The van der Waals surface area contributed by atoms with Gasteiger partial charge < -0.3 is 16.0 Å². The quantitative estimate of drug-likeness (QED) is 0.685. The summed E-state index contributed by atoms with van der Waals surface area (Å²) in [6.45, 7) is 5.29. The van der Waals surface area contributed by atoms with Crippen molar-refractivity contribution in [3.05, 3.63) is 0 Å². The molecule has 1 rings (SSSR count). The van der Waals surface area contributed by atoms with Gasteiger partial charge in [-0.05, 0) is 45.8 Å². The highest BCUT2D eigenvalue weighted by Crippen LogP contribution is 2.19. The Balaban J connectivity index is 2.16. The van der Waals surface area contributed by atoms with E-state index in [0.717, 1.165) is 5.92 Å². The molecular weight excluding hydrogens is 190 g/mol. The fourth-order valence-corrected chi connectivity index (χ4v) is 2.12. The third-order valence-corrected chi connectivity index (χ3v) is 3.31. The number of hydrogen-bond acceptors (Lipinski definition) is 3. The van der Waals surface area contributed by atoms with Gasteiger partial charge in [0.1, 0.15) is 0 Å². The number of likely N-dealkylation sites (tertiary alicyclic amines) is 1. The zero-order valence-electron chi connectivity index (χ0n) is 9.83. The molecule has 4 heteroatoms. The summed E-state index contributed by atoms with van der Waals surface area (Å²) in [6, 6.07) is 0.498. The van der Waals surface area contributed by atoms with Crippen molar-refractivity contribution < 1.29 is 4.79 Å². The lowest BCUT2D eigenvalue weighted by atomic mass is 9.90. The second kappa shape index (κ2) is 6.08. The van der Waals surface area contributed by atoms with Crippen LogP contribution in [0.5, 0.6) is 0 Å². The van der Waals surface area contributed by atoms with Crippen LogP contribution in [0.1, 0.15) is 26.2 Å². The molecule has 0 spiro atoms. The topological polar surface area (TPSA) is 58.4 Å². The number of rotatable bonds is 5. The average molecular weight is 213 g/mol. The van der Waals surface area contributed by atoms with Gasteiger partial charge in [0.25, 0.3) is 0 Å². The minimum Gasteiger partial charge on any atom is -0.370 e. The van der Waals surface area contributed by atoms with Crippen molar-refractivity contribution in [3.8, 4) is 0 Å². The molecule has 1 atom stereocenters. The summed E-state index contributed by atoms with van der Waals surface area (Å²) in [4.78, 5) is 12.9. The van der Waals surface area contributed by atoms with Gasteiger partial charge in [0, 0.05) is 19.0 Å². The van der Waals surface area contributed by atoms with Crippen molar-refractivity contribution in [1.29, 1.82) is 0 Å². The Kier molecular flexibility index (Phi) is 5.05. The molecule has 1 saturated heterocycles. The van der Waals surface area contributed by atoms with Crippen molar-refractivity contribution in [2.75, 3.05) is 26.7 Å². The molecule has 1 unspecified atom stereocenters. The summed E-state index contributed by atoms with van der Waals surface area (Å²) < 4.78 is 0. The first-order valence-electron chi connectivity index (χ1n) is 5.80. The normalized spacial score (nSPS) is 21.5. The first-order valence-corrected chi connectivity index (χ1v) is 5.80. The third kappa shape index (κ3) is 4.62. The Morgan fingerprint density at radius 3 is 2.67 bits per heavy atom. The van der Waals surface area contributed by atoms with Gasteiger partial charge in [-0.15, -0.1) is 0 Å². The molecule has 1 aliphatic rings. The van der Waals surface area contributed by atoms with E-state index in [4.69, 9.17) is 5.73 Å². The van der Waals surface area contributed by atoms with Crippen molar-refractivity contribution in [1.82, 2.24) is 10.2 Å². The molecular formula is C11H23N3O. The number of amides is 1. The van der Waals surface area contributed by atoms with Crippen LogP contribution in [0.25, 0.3) is 0 Å². The van der Waals surface area contributed by atoms with Gasteiger partial charge >= 0.3 is 0 Å². The Hall–Kier alpha value is -0.610. The van der Waals surface area contributed by atoms with Crippen LogP contribution in [-0.4, -0.2) is 43.5 Å². The number of primary amides is 1. The molecule has 0 aliphatic carbocycles. The molecule has 0 aromatic carbocycles. The third-order valence-electron chi connectivity index (χ3n) is 3.31. The molecule has 88 valence electrons. The van der Waals surface area contributed by atoms with E-state index in [1.807, 2.05) is 0 Å². The summed E-state index contributed by atoms with van der Waals surface area (Å²) in [5, 5.41) is 3.38. The van der Waals surface area contributed by atoms with Crippen molar-refractivity contribution in [2.45, 2.75) is 32.2 Å². The number of carbonyl (C=O) groups excluding carboxylic acids is 1. The highest BCUT2D eigenvalue weighted by molar-refractivity contribution is 5.73. The molecule has 1 heterocycles. The Labute approximate surface area is 92.2 Å². The molecule has 4 nitrogen and oxygen atoms in total. The smallest absolute Gasteiger partial charge is 0.218 e. The number of piperidine rings is 1. The van der Waals surface area contributed by atoms with Gasteiger partial charge in [-0.25, -0.2) is 0 Å². The maximum Gasteiger partial charge on any atom is 0.218 e. The van der Waals surface area contributed by atoms with Crippen molar-refractivity contribution in [2.24, 2.45) is 11.7 Å². The first kappa shape index (κ1) is 12.5. The van der Waals surface area contributed by atoms with E-state index in [2.05, 4.69) is 24.2 Å². The van der Waals surface area contributed by atoms with Crippen LogP contribution in [0.3, 0.4) is 0 Å². The van der Waals surface area contributed by atoms with E-state index in [1.54, 1.807) is 0 Å². The second-order valence-electron chi connectivity index (χ2n) is 4.60. The van der Waals surface area contributed by atoms with Gasteiger partial charge in [0.05, 0.1) is 0 Å². The fourth-order valence-electron chi connectivity index (χ4n) is 2.12. The molecule has 0 aromatic heterocycles. The van der Waals surface area contributed by atoms with Gasteiger partial charge in [0.2, 0.25) is 5.91 Å². The zero-order valence-corrected chi connectivity index (χ0v) is 9.83. The predicted octanol–water partition coefficient (Wildman–Crippen LogP) is 0.182. The van der Waals surface area contributed by atoms with Gasteiger partial charge in [-0.2, -0.15) is 0 Å². The molecule has 3 N–H and O–H groups in total. The van der Waals surface area contributed by atoms with E-state index < -0.39 is 0 Å². The van der Waals surface area contributed by atoms with Crippen LogP contribution < -0.4 is 11.1 Å². The number of nitrogens with two attached hydrogens (primary N) is 1. The summed E-state index contributed by atoms with van der Waals surface area (Å²) in [5.74, 6) is 0.521. The van der Waals surface area contributed by atoms with E-state index >= 15 is 0 Å². The highest BCUT2D eigenvalue weighted by atomic mass is 16.1. The summed E-state index contributed by atoms with van der Waals surface area (Å²) in [6.07, 6.45) is 2.94. The Morgan fingerprint density at radius 2 is 2.13 bits per heavy atom. The predicted molar refractivity (Wildman–Crippen MR) is 61.5 cm³/mol. The number of nitrogens with one attached hydrogen (secondary N) is 1. The van der Waals surface area contributed by atoms with E-state index in [0.29, 0.717) is 19.0 Å². The summed E-state index contributed by atoms with van der Waals surface area (Å²) in [5.41, 5.74) is 5.09. The molecule has 0 saturated carbocycles. The van der Waals surface area contributed by atoms with Crippen LogP contribution in [0.15, 0.2) is 0 Å². The second-order valence-corrected chi connectivity index (χ2v) is 4.60. The monoisotopic (exact) mass is 213 g/mol. The molecule has 0 bridgehead atoms. The minimum atomic E-state index is -0.224. The lowest BCUT2D eigenvalue weighted by molar-refractivity contribution is -0.117.